The molecule has 240 valence electrons. The Morgan fingerprint density at radius 3 is 1.04 bits per heavy atom. The summed E-state index contributed by atoms with van der Waals surface area (Å²) in [5.41, 5.74) is -3.35. The van der Waals surface area contributed by atoms with E-state index in [0.29, 0.717) is 12.1 Å². The molecule has 0 saturated heterocycles. The summed E-state index contributed by atoms with van der Waals surface area (Å²) in [7, 11) is -20.4. The van der Waals surface area contributed by atoms with Crippen LogP contribution >= 0.6 is 0 Å². The molecule has 4 aromatic carbocycles. The van der Waals surface area contributed by atoms with E-state index in [1.54, 1.807) is 0 Å². The molecule has 0 aliphatic heterocycles. The second-order valence-corrected chi connectivity index (χ2v) is 14.0. The summed E-state index contributed by atoms with van der Waals surface area (Å²) in [6.07, 6.45) is 0. The van der Waals surface area contributed by atoms with E-state index in [4.69, 9.17) is 0 Å². The van der Waals surface area contributed by atoms with Crippen molar-refractivity contribution in [1.82, 2.24) is 0 Å². The number of rotatable bonds is 8. The van der Waals surface area contributed by atoms with Crippen LogP contribution in [0.5, 0.6) is 11.5 Å². The zero-order chi connectivity index (χ0) is 32.8. The van der Waals surface area contributed by atoms with Gasteiger partial charge in [0.1, 0.15) is 42.3 Å². The molecule has 6 N–H and O–H groups in total. The number of fused-ring (bicyclic) bond motifs is 1. The number of hydrogen-bond donors (Lipinski definition) is 6. The van der Waals surface area contributed by atoms with Crippen molar-refractivity contribution in [2.45, 2.75) is 19.6 Å². The van der Waals surface area contributed by atoms with Gasteiger partial charge in [-0.2, -0.15) is 33.7 Å². The maximum absolute atomic E-state index is 12.2. The molecule has 4 rings (SSSR count). The van der Waals surface area contributed by atoms with Gasteiger partial charge in [0.15, 0.2) is 11.5 Å². The second-order valence-electron chi connectivity index (χ2n) is 8.48. The number of phenolic OH excluding ortho intramolecular Hbond substituents is 2. The maximum atomic E-state index is 12.2. The van der Waals surface area contributed by atoms with Gasteiger partial charge in [0.2, 0.25) is 0 Å². The molecular formula is C22H20N4Na4O14S4. The topological polar surface area (TPSA) is 307 Å². The van der Waals surface area contributed by atoms with Crippen LogP contribution in [0, 0.1) is 0 Å². The maximum Gasteiger partial charge on any atom is 1.00 e. The second kappa shape index (κ2) is 17.9. The van der Waals surface area contributed by atoms with Gasteiger partial charge in [-0.1, -0.05) is 24.3 Å². The fourth-order valence-corrected chi connectivity index (χ4v) is 6.33. The molecule has 0 unspecified atom stereocenters. The molecule has 0 aliphatic carbocycles. The predicted molar refractivity (Wildman–Crippen MR) is 152 cm³/mol. The van der Waals surface area contributed by atoms with Gasteiger partial charge in [-0.05, 0) is 41.8 Å². The van der Waals surface area contributed by atoms with E-state index < -0.39 is 105 Å². The van der Waals surface area contributed by atoms with E-state index in [1.807, 2.05) is 0 Å². The van der Waals surface area contributed by atoms with Crippen LogP contribution in [-0.4, -0.2) is 62.1 Å². The molecular weight excluding hydrogens is 764 g/mol. The van der Waals surface area contributed by atoms with E-state index in [-0.39, 0.29) is 124 Å². The minimum absolute atomic E-state index is 0. The van der Waals surface area contributed by atoms with Crippen molar-refractivity contribution in [2.24, 2.45) is 20.5 Å². The summed E-state index contributed by atoms with van der Waals surface area (Å²) in [5.74, 6) is -2.59. The Labute approximate surface area is 367 Å². The van der Waals surface area contributed by atoms with Crippen molar-refractivity contribution < 1.29 is 186 Å². The van der Waals surface area contributed by atoms with Crippen LogP contribution < -0.4 is 118 Å². The summed E-state index contributed by atoms with van der Waals surface area (Å²) >= 11 is 0. The standard InChI is InChI=1S/C22H16N4O14S4.4Na.4H/c27-21-18-11(9-16(43(35,36)37)19(21)25-23-12-5-1-3-7-14(12)41(29,30)31)10-17(44(38,39)40)20(22(18)28)26-24-13-6-2-4-8-15(13)42(32,33)34;;;;;;;;/h1-10,27-28H,(H,29,30,31)(H,32,33,34)(H,35,36,37)(H,38,39,40);;;;;;;;/q;4*+1;4*-1. The van der Waals surface area contributed by atoms with Crippen LogP contribution in [0.4, 0.5) is 22.7 Å². The molecule has 26 heteroatoms. The molecule has 4 aromatic rings. The average Bonchev–Trinajstić information content (AvgIpc) is 2.89. The number of phenols is 2. The van der Waals surface area contributed by atoms with Crippen molar-refractivity contribution >= 4 is 74.0 Å². The van der Waals surface area contributed by atoms with E-state index in [0.717, 1.165) is 24.3 Å². The number of benzene rings is 4. The average molecular weight is 785 g/mol. The Hall–Kier alpha value is -0.420. The van der Waals surface area contributed by atoms with Crippen molar-refractivity contribution in [3.63, 3.8) is 0 Å². The third-order valence-corrected chi connectivity index (χ3v) is 9.14. The van der Waals surface area contributed by atoms with E-state index in [2.05, 4.69) is 20.5 Å². The van der Waals surface area contributed by atoms with Crippen LogP contribution in [0.15, 0.2) is 101 Å². The predicted octanol–water partition coefficient (Wildman–Crippen LogP) is -7.47. The third-order valence-electron chi connectivity index (χ3n) is 5.61. The Kier molecular flexibility index (Phi) is 17.7. The van der Waals surface area contributed by atoms with Gasteiger partial charge >= 0.3 is 118 Å². The summed E-state index contributed by atoms with van der Waals surface area (Å²) in [6.45, 7) is 0. The zero-order valence-corrected chi connectivity index (χ0v) is 36.4. The van der Waals surface area contributed by atoms with E-state index in [9.17, 15) is 62.1 Å². The Morgan fingerprint density at radius 1 is 0.458 bits per heavy atom. The Balaban J connectivity index is -0.000000920. The van der Waals surface area contributed by atoms with Crippen LogP contribution in [0.1, 0.15) is 5.71 Å². The molecule has 0 bridgehead atoms. The Bertz CT molecular complexity index is 2230. The van der Waals surface area contributed by atoms with Gasteiger partial charge in [0.25, 0.3) is 40.5 Å². The smallest absolute Gasteiger partial charge is 1.00 e. The fraction of sp³-hybridized carbons (Fsp3) is 0. The largest absolute Gasteiger partial charge is 1.00 e. The normalized spacial score (nSPS) is 12.2. The van der Waals surface area contributed by atoms with Crippen molar-refractivity contribution in [2.75, 3.05) is 0 Å². The molecule has 0 aliphatic rings. The van der Waals surface area contributed by atoms with Gasteiger partial charge in [-0.25, -0.2) is 0 Å². The molecule has 0 amide bonds. The first kappa shape index (κ1) is 47.6. The van der Waals surface area contributed by atoms with Crippen molar-refractivity contribution in [3.05, 3.63) is 60.7 Å². The summed E-state index contributed by atoms with van der Waals surface area (Å²) in [4.78, 5) is -4.03. The van der Waals surface area contributed by atoms with Crippen LogP contribution in [0.2, 0.25) is 0 Å². The molecule has 0 radical (unpaired) electrons. The van der Waals surface area contributed by atoms with Crippen molar-refractivity contribution in [3.8, 4) is 11.5 Å². The minimum Gasteiger partial charge on any atom is -1.00 e. The monoisotopic (exact) mass is 784 g/mol. The van der Waals surface area contributed by atoms with E-state index >= 15 is 0 Å². The quantitative estimate of drug-likeness (QED) is 0.0550. The SMILES string of the molecule is O=S(=O)(O)c1ccccc1N=Nc1c(S(=O)(=O)O)cc2cc(S(=O)(=O)O)c(N=Nc3ccccc3S(=O)(=O)O)c(O)c2c1O.[H-].[H-].[H-].[H-].[Na+].[Na+].[Na+].[Na+]. The molecule has 0 spiro atoms. The Morgan fingerprint density at radius 2 is 0.750 bits per heavy atom. The first-order valence-corrected chi connectivity index (χ1v) is 16.9. The summed E-state index contributed by atoms with van der Waals surface area (Å²) in [6, 6.07) is 9.81. The zero-order valence-electron chi connectivity index (χ0n) is 29.1. The number of aromatic hydroxyl groups is 2. The van der Waals surface area contributed by atoms with Gasteiger partial charge in [-0.3, -0.25) is 18.2 Å². The molecule has 0 aromatic heterocycles. The third kappa shape index (κ3) is 10.8. The summed E-state index contributed by atoms with van der Waals surface area (Å²) in [5, 5.41) is 34.5. The first-order valence-electron chi connectivity index (χ1n) is 11.2. The molecule has 18 nitrogen and oxygen atoms in total. The molecule has 0 heterocycles. The fourth-order valence-electron chi connectivity index (χ4n) is 3.77. The van der Waals surface area contributed by atoms with Crippen LogP contribution in [0.3, 0.4) is 0 Å². The van der Waals surface area contributed by atoms with Gasteiger partial charge < -0.3 is 15.9 Å². The molecule has 0 saturated carbocycles. The molecule has 0 fully saturated rings. The minimum atomic E-state index is -5.32. The number of hydrogen-bond acceptors (Lipinski definition) is 14. The summed E-state index contributed by atoms with van der Waals surface area (Å²) < 4.78 is 134. The first-order chi connectivity index (χ1) is 20.2. The van der Waals surface area contributed by atoms with Gasteiger partial charge in [0, 0.05) is 0 Å². The van der Waals surface area contributed by atoms with Crippen LogP contribution in [-0.2, 0) is 40.5 Å². The van der Waals surface area contributed by atoms with Gasteiger partial charge in [-0.15, -0.1) is 20.5 Å². The van der Waals surface area contributed by atoms with E-state index in [1.165, 1.54) is 24.3 Å². The molecule has 48 heavy (non-hydrogen) atoms. The number of azo groups is 2. The number of nitrogens with zero attached hydrogens (tertiary/aromatic N) is 4. The van der Waals surface area contributed by atoms with Crippen molar-refractivity contribution in [1.29, 1.82) is 0 Å². The molecule has 0 atom stereocenters. The van der Waals surface area contributed by atoms with Crippen LogP contribution in [0.25, 0.3) is 10.8 Å². The van der Waals surface area contributed by atoms with Gasteiger partial charge in [0.05, 0.1) is 5.39 Å².